The number of nitrogens with zero attached hydrogens (tertiary/aromatic N) is 1. The zero-order chi connectivity index (χ0) is 15.2. The van der Waals surface area contributed by atoms with Gasteiger partial charge in [0.2, 0.25) is 0 Å². The predicted molar refractivity (Wildman–Crippen MR) is 90.1 cm³/mol. The van der Waals surface area contributed by atoms with Crippen molar-refractivity contribution in [3.8, 4) is 5.75 Å². The van der Waals surface area contributed by atoms with Crippen LogP contribution < -0.4 is 10.1 Å². The Labute approximate surface area is 128 Å². The predicted octanol–water partition coefficient (Wildman–Crippen LogP) is 4.21. The van der Waals surface area contributed by atoms with Crippen LogP contribution in [0.4, 0.5) is 0 Å². The maximum absolute atomic E-state index is 5.89. The molecule has 0 amide bonds. The number of ether oxygens (including phenoxy) is 1. The molecule has 0 radical (unpaired) electrons. The van der Waals surface area contributed by atoms with Crippen LogP contribution in [0, 0.1) is 0 Å². The van der Waals surface area contributed by atoms with E-state index in [0.29, 0.717) is 6.04 Å². The van der Waals surface area contributed by atoms with E-state index in [1.54, 1.807) is 0 Å². The fraction of sp³-hybridized carbons (Fsp3) is 0.556. The molecule has 2 rings (SSSR count). The van der Waals surface area contributed by atoms with Crippen molar-refractivity contribution in [3.05, 3.63) is 30.5 Å². The largest absolute Gasteiger partial charge is 0.490 e. The molecule has 0 aliphatic carbocycles. The summed E-state index contributed by atoms with van der Waals surface area (Å²) in [6.45, 7) is 10.7. The minimum absolute atomic E-state index is 0.209. The molecule has 0 saturated heterocycles. The Morgan fingerprint density at radius 2 is 1.90 bits per heavy atom. The Morgan fingerprint density at radius 1 is 1.10 bits per heavy atom. The quantitative estimate of drug-likeness (QED) is 0.737. The summed E-state index contributed by atoms with van der Waals surface area (Å²) in [4.78, 5) is 0. The number of aryl methyl sites for hydroxylation is 1. The molecule has 1 N–H and O–H groups in total. The van der Waals surface area contributed by atoms with Gasteiger partial charge in [-0.2, -0.15) is 0 Å². The summed E-state index contributed by atoms with van der Waals surface area (Å²) in [7, 11) is 0. The van der Waals surface area contributed by atoms with Crippen LogP contribution in [0.3, 0.4) is 0 Å². The first-order valence-electron chi connectivity index (χ1n) is 8.06. The van der Waals surface area contributed by atoms with Gasteiger partial charge in [-0.3, -0.25) is 0 Å². The van der Waals surface area contributed by atoms with Gasteiger partial charge in [0.1, 0.15) is 5.75 Å². The molecule has 21 heavy (non-hydrogen) atoms. The average Bonchev–Trinajstić information content (AvgIpc) is 2.82. The van der Waals surface area contributed by atoms with Crippen LogP contribution >= 0.6 is 0 Å². The van der Waals surface area contributed by atoms with Crippen molar-refractivity contribution in [2.45, 2.75) is 59.2 Å². The standard InChI is InChI=1S/C18H28N2O/c1-14(2)19-11-5-6-12-20-13-10-16-17(20)8-7-9-18(16)21-15(3)4/h7-10,13-15,19H,5-6,11-12H2,1-4H3. The first-order valence-corrected chi connectivity index (χ1v) is 8.06. The lowest BCUT2D eigenvalue weighted by Crippen LogP contribution is -2.23. The number of rotatable bonds is 8. The van der Waals surface area contributed by atoms with Crippen molar-refractivity contribution < 1.29 is 4.74 Å². The molecule has 0 aliphatic heterocycles. The van der Waals surface area contributed by atoms with Crippen molar-refractivity contribution >= 4 is 10.9 Å². The number of hydrogen-bond donors (Lipinski definition) is 1. The third kappa shape index (κ3) is 4.50. The van der Waals surface area contributed by atoms with Crippen molar-refractivity contribution in [2.75, 3.05) is 6.54 Å². The van der Waals surface area contributed by atoms with Crippen molar-refractivity contribution in [2.24, 2.45) is 0 Å². The van der Waals surface area contributed by atoms with E-state index < -0.39 is 0 Å². The Morgan fingerprint density at radius 3 is 2.62 bits per heavy atom. The molecule has 0 spiro atoms. The number of hydrogen-bond acceptors (Lipinski definition) is 2. The highest BCUT2D eigenvalue weighted by Gasteiger charge is 2.07. The smallest absolute Gasteiger partial charge is 0.129 e. The van der Waals surface area contributed by atoms with E-state index in [4.69, 9.17) is 4.74 Å². The molecular formula is C18H28N2O. The van der Waals surface area contributed by atoms with Gasteiger partial charge in [-0.25, -0.2) is 0 Å². The second kappa shape index (κ2) is 7.51. The normalized spacial score (nSPS) is 11.7. The highest BCUT2D eigenvalue weighted by molar-refractivity contribution is 5.86. The van der Waals surface area contributed by atoms with Crippen LogP contribution in [-0.2, 0) is 6.54 Å². The molecule has 0 bridgehead atoms. The van der Waals surface area contributed by atoms with Gasteiger partial charge in [0.15, 0.2) is 0 Å². The minimum atomic E-state index is 0.209. The van der Waals surface area contributed by atoms with Gasteiger partial charge in [-0.05, 0) is 51.4 Å². The molecule has 3 nitrogen and oxygen atoms in total. The van der Waals surface area contributed by atoms with Gasteiger partial charge in [-0.15, -0.1) is 0 Å². The summed E-state index contributed by atoms with van der Waals surface area (Å²) in [5.41, 5.74) is 1.27. The summed E-state index contributed by atoms with van der Waals surface area (Å²) in [5.74, 6) is 0.989. The molecule has 0 aliphatic rings. The van der Waals surface area contributed by atoms with Gasteiger partial charge in [0.05, 0.1) is 11.6 Å². The maximum Gasteiger partial charge on any atom is 0.129 e. The van der Waals surface area contributed by atoms with Gasteiger partial charge >= 0.3 is 0 Å². The SMILES string of the molecule is CC(C)NCCCCn1ccc2c(OC(C)C)cccc21. The molecule has 1 aromatic carbocycles. The second-order valence-electron chi connectivity index (χ2n) is 6.18. The Balaban J connectivity index is 1.98. The van der Waals surface area contributed by atoms with E-state index in [1.165, 1.54) is 23.7 Å². The van der Waals surface area contributed by atoms with E-state index >= 15 is 0 Å². The van der Waals surface area contributed by atoms with Crippen LogP contribution in [0.5, 0.6) is 5.75 Å². The molecule has 0 fully saturated rings. The first kappa shape index (κ1) is 15.9. The molecule has 0 saturated carbocycles. The van der Waals surface area contributed by atoms with Crippen molar-refractivity contribution in [3.63, 3.8) is 0 Å². The summed E-state index contributed by atoms with van der Waals surface area (Å²) in [6.07, 6.45) is 4.79. The molecule has 1 heterocycles. The van der Waals surface area contributed by atoms with Gasteiger partial charge < -0.3 is 14.6 Å². The molecule has 0 atom stereocenters. The Hall–Kier alpha value is -1.48. The molecule has 3 heteroatoms. The van der Waals surface area contributed by atoms with E-state index in [-0.39, 0.29) is 6.10 Å². The van der Waals surface area contributed by atoms with Gasteiger partial charge in [-0.1, -0.05) is 19.9 Å². The zero-order valence-corrected chi connectivity index (χ0v) is 13.7. The second-order valence-corrected chi connectivity index (χ2v) is 6.18. The summed E-state index contributed by atoms with van der Waals surface area (Å²) in [6, 6.07) is 9.05. The summed E-state index contributed by atoms with van der Waals surface area (Å²) < 4.78 is 8.22. The first-order chi connectivity index (χ1) is 10.1. The van der Waals surface area contributed by atoms with Crippen molar-refractivity contribution in [1.82, 2.24) is 9.88 Å². The minimum Gasteiger partial charge on any atom is -0.490 e. The topological polar surface area (TPSA) is 26.2 Å². The lowest BCUT2D eigenvalue weighted by Gasteiger charge is -2.12. The lowest BCUT2D eigenvalue weighted by atomic mass is 10.2. The molecule has 2 aromatic rings. The van der Waals surface area contributed by atoms with Crippen LogP contribution in [0.25, 0.3) is 10.9 Å². The third-order valence-electron chi connectivity index (χ3n) is 3.51. The number of benzene rings is 1. The van der Waals surface area contributed by atoms with E-state index in [1.807, 2.05) is 0 Å². The maximum atomic E-state index is 5.89. The van der Waals surface area contributed by atoms with Crippen molar-refractivity contribution in [1.29, 1.82) is 0 Å². The Kier molecular flexibility index (Phi) is 5.68. The number of aromatic nitrogens is 1. The van der Waals surface area contributed by atoms with Crippen LogP contribution in [-0.4, -0.2) is 23.3 Å². The number of fused-ring (bicyclic) bond motifs is 1. The third-order valence-corrected chi connectivity index (χ3v) is 3.51. The average molecular weight is 288 g/mol. The van der Waals surface area contributed by atoms with E-state index in [9.17, 15) is 0 Å². The monoisotopic (exact) mass is 288 g/mol. The van der Waals surface area contributed by atoms with Crippen LogP contribution in [0.2, 0.25) is 0 Å². The summed E-state index contributed by atoms with van der Waals surface area (Å²) >= 11 is 0. The Bertz CT molecular complexity index is 557. The number of nitrogens with one attached hydrogen (secondary N) is 1. The van der Waals surface area contributed by atoms with E-state index in [2.05, 4.69) is 68.0 Å². The van der Waals surface area contributed by atoms with E-state index in [0.717, 1.165) is 18.8 Å². The fourth-order valence-corrected chi connectivity index (χ4v) is 2.54. The number of unbranched alkanes of at least 4 members (excludes halogenated alkanes) is 1. The highest BCUT2D eigenvalue weighted by Crippen LogP contribution is 2.27. The zero-order valence-electron chi connectivity index (χ0n) is 13.7. The molecular weight excluding hydrogens is 260 g/mol. The highest BCUT2D eigenvalue weighted by atomic mass is 16.5. The molecule has 116 valence electrons. The van der Waals surface area contributed by atoms with Crippen LogP contribution in [0.15, 0.2) is 30.5 Å². The fourth-order valence-electron chi connectivity index (χ4n) is 2.54. The lowest BCUT2D eigenvalue weighted by molar-refractivity contribution is 0.245. The summed E-state index contributed by atoms with van der Waals surface area (Å²) in [5, 5.41) is 4.68. The molecule has 1 aromatic heterocycles. The van der Waals surface area contributed by atoms with Crippen LogP contribution in [0.1, 0.15) is 40.5 Å². The molecule has 0 unspecified atom stereocenters. The van der Waals surface area contributed by atoms with Gasteiger partial charge in [0, 0.05) is 24.2 Å². The van der Waals surface area contributed by atoms with Gasteiger partial charge in [0.25, 0.3) is 0 Å².